The van der Waals surface area contributed by atoms with Crippen LogP contribution in [0, 0.1) is 5.92 Å². The lowest BCUT2D eigenvalue weighted by atomic mass is 10.1. The Balaban J connectivity index is 0.000000243. The summed E-state index contributed by atoms with van der Waals surface area (Å²) in [7, 11) is 0. The fraction of sp³-hybridized carbons (Fsp3) is 0.875. The predicted molar refractivity (Wildman–Crippen MR) is 55.8 cm³/mol. The van der Waals surface area contributed by atoms with Gasteiger partial charge in [-0.05, 0) is 5.92 Å². The second-order valence-electron chi connectivity index (χ2n) is 3.16. The highest BCUT2D eigenvalue weighted by Gasteiger charge is 2.14. The van der Waals surface area contributed by atoms with Crippen LogP contribution in [0.4, 0.5) is 0 Å². The van der Waals surface area contributed by atoms with Gasteiger partial charge in [-0.15, -0.1) is 11.8 Å². The second-order valence-corrected chi connectivity index (χ2v) is 4.27. The number of thioether (sulfide) groups is 1. The maximum Gasteiger partial charge on any atom is 0.320 e. The van der Waals surface area contributed by atoms with E-state index in [1.54, 1.807) is 13.8 Å². The molecule has 1 fully saturated rings. The first-order chi connectivity index (χ1) is 6.05. The summed E-state index contributed by atoms with van der Waals surface area (Å²) in [6, 6.07) is -0.713. The second kappa shape index (κ2) is 7.17. The third-order valence-electron chi connectivity index (χ3n) is 1.63. The zero-order valence-corrected chi connectivity index (χ0v) is 8.93. The Kier molecular flexibility index (Phi) is 7.03. The molecule has 0 spiro atoms. The molecule has 1 rings (SSSR count). The Bertz CT molecular complexity index is 141. The Morgan fingerprint density at radius 3 is 2.31 bits per heavy atom. The zero-order valence-electron chi connectivity index (χ0n) is 8.12. The SMILES string of the molecule is C1CSCN1.CC(C)[C@H](N)C(=O)O. The summed E-state index contributed by atoms with van der Waals surface area (Å²) in [4.78, 5) is 10.0. The molecule has 1 atom stereocenters. The Morgan fingerprint density at radius 1 is 1.62 bits per heavy atom. The van der Waals surface area contributed by atoms with Gasteiger partial charge < -0.3 is 16.2 Å². The lowest BCUT2D eigenvalue weighted by molar-refractivity contribution is -0.139. The minimum atomic E-state index is -0.931. The van der Waals surface area contributed by atoms with Gasteiger partial charge in [0.25, 0.3) is 0 Å². The quantitative estimate of drug-likeness (QED) is 0.607. The van der Waals surface area contributed by atoms with Gasteiger partial charge in [-0.2, -0.15) is 0 Å². The van der Waals surface area contributed by atoms with Gasteiger partial charge in [-0.25, -0.2) is 0 Å². The monoisotopic (exact) mass is 206 g/mol. The van der Waals surface area contributed by atoms with Crippen LogP contribution in [0.5, 0.6) is 0 Å². The van der Waals surface area contributed by atoms with Crippen molar-refractivity contribution in [2.75, 3.05) is 18.2 Å². The zero-order chi connectivity index (χ0) is 10.3. The molecule has 4 nitrogen and oxygen atoms in total. The normalized spacial score (nSPS) is 17.8. The van der Waals surface area contributed by atoms with Crippen LogP contribution < -0.4 is 11.1 Å². The standard InChI is InChI=1S/C5H11NO2.C3H7NS/c1-3(2)4(6)5(7)8;1-2-5-3-4-1/h3-4H,6H2,1-2H3,(H,7,8);4H,1-3H2/t4-;/m0./s1. The van der Waals surface area contributed by atoms with E-state index in [1.165, 1.54) is 18.2 Å². The molecular weight excluding hydrogens is 188 g/mol. The van der Waals surface area contributed by atoms with E-state index in [9.17, 15) is 4.79 Å². The molecule has 1 saturated heterocycles. The number of nitrogens with two attached hydrogens (primary N) is 1. The van der Waals surface area contributed by atoms with Crippen LogP contribution in [-0.4, -0.2) is 35.3 Å². The first-order valence-corrected chi connectivity index (χ1v) is 5.48. The third-order valence-corrected chi connectivity index (χ3v) is 2.53. The molecule has 1 aliphatic heterocycles. The first kappa shape index (κ1) is 12.7. The number of carboxylic acid groups (broad SMARTS) is 1. The Labute approximate surface area is 83.3 Å². The van der Waals surface area contributed by atoms with Crippen LogP contribution in [0.25, 0.3) is 0 Å². The van der Waals surface area contributed by atoms with Crippen molar-refractivity contribution in [3.8, 4) is 0 Å². The minimum absolute atomic E-state index is 0.0208. The highest BCUT2D eigenvalue weighted by molar-refractivity contribution is 7.99. The minimum Gasteiger partial charge on any atom is -0.480 e. The van der Waals surface area contributed by atoms with Crippen molar-refractivity contribution in [3.05, 3.63) is 0 Å². The van der Waals surface area contributed by atoms with Crippen molar-refractivity contribution < 1.29 is 9.90 Å². The summed E-state index contributed by atoms with van der Waals surface area (Å²) in [5.41, 5.74) is 5.16. The molecule has 5 heteroatoms. The van der Waals surface area contributed by atoms with Gasteiger partial charge >= 0.3 is 5.97 Å². The van der Waals surface area contributed by atoms with E-state index >= 15 is 0 Å². The molecule has 78 valence electrons. The van der Waals surface area contributed by atoms with Crippen LogP contribution in [0.1, 0.15) is 13.8 Å². The number of nitrogens with one attached hydrogen (secondary N) is 1. The molecule has 1 heterocycles. The topological polar surface area (TPSA) is 75.3 Å². The van der Waals surface area contributed by atoms with Gasteiger partial charge in [-0.1, -0.05) is 13.8 Å². The third kappa shape index (κ3) is 6.86. The van der Waals surface area contributed by atoms with Gasteiger partial charge in [0, 0.05) is 18.2 Å². The van der Waals surface area contributed by atoms with Crippen molar-refractivity contribution >= 4 is 17.7 Å². The largest absolute Gasteiger partial charge is 0.480 e. The summed E-state index contributed by atoms with van der Waals surface area (Å²) in [6.07, 6.45) is 0. The van der Waals surface area contributed by atoms with E-state index in [0.717, 1.165) is 0 Å². The summed E-state index contributed by atoms with van der Waals surface area (Å²) >= 11 is 1.96. The van der Waals surface area contributed by atoms with E-state index in [2.05, 4.69) is 5.32 Å². The summed E-state index contributed by atoms with van der Waals surface area (Å²) in [5, 5.41) is 11.4. The van der Waals surface area contributed by atoms with Crippen molar-refractivity contribution in [1.82, 2.24) is 5.32 Å². The number of rotatable bonds is 2. The summed E-state index contributed by atoms with van der Waals surface area (Å²) in [6.45, 7) is 4.77. The van der Waals surface area contributed by atoms with Crippen LogP contribution in [0.3, 0.4) is 0 Å². The van der Waals surface area contributed by atoms with Crippen molar-refractivity contribution in [1.29, 1.82) is 0 Å². The first-order valence-electron chi connectivity index (χ1n) is 4.32. The predicted octanol–water partition coefficient (Wildman–Crippen LogP) is 0.335. The molecule has 0 aromatic rings. The molecule has 1 aliphatic rings. The molecule has 0 bridgehead atoms. The van der Waals surface area contributed by atoms with Gasteiger partial charge in [0.2, 0.25) is 0 Å². The molecule has 0 aromatic carbocycles. The summed E-state index contributed by atoms with van der Waals surface area (Å²) in [5.74, 6) is 1.56. The molecule has 0 radical (unpaired) electrons. The molecule has 0 saturated carbocycles. The Hall–Kier alpha value is -0.260. The molecule has 0 aromatic heterocycles. The average Bonchev–Trinajstić information content (AvgIpc) is 2.59. The van der Waals surface area contributed by atoms with E-state index < -0.39 is 12.0 Å². The lowest BCUT2D eigenvalue weighted by Gasteiger charge is -2.07. The van der Waals surface area contributed by atoms with Gasteiger partial charge in [0.05, 0.1) is 0 Å². The van der Waals surface area contributed by atoms with E-state index in [4.69, 9.17) is 10.8 Å². The number of carboxylic acids is 1. The molecule has 0 amide bonds. The Morgan fingerprint density at radius 2 is 2.23 bits per heavy atom. The molecule has 13 heavy (non-hydrogen) atoms. The highest BCUT2D eigenvalue weighted by Crippen LogP contribution is 1.99. The maximum absolute atomic E-state index is 10.0. The fourth-order valence-electron chi connectivity index (χ4n) is 0.646. The number of aliphatic carboxylic acids is 1. The van der Waals surface area contributed by atoms with E-state index in [0.29, 0.717) is 0 Å². The van der Waals surface area contributed by atoms with E-state index in [-0.39, 0.29) is 5.92 Å². The maximum atomic E-state index is 10.0. The fourth-order valence-corrected chi connectivity index (χ4v) is 1.37. The van der Waals surface area contributed by atoms with Crippen LogP contribution in [0.15, 0.2) is 0 Å². The van der Waals surface area contributed by atoms with Crippen LogP contribution in [-0.2, 0) is 4.79 Å². The highest BCUT2D eigenvalue weighted by atomic mass is 32.2. The van der Waals surface area contributed by atoms with Gasteiger partial charge in [0.15, 0.2) is 0 Å². The molecule has 0 unspecified atom stereocenters. The number of hydrogen-bond donors (Lipinski definition) is 3. The van der Waals surface area contributed by atoms with Crippen molar-refractivity contribution in [3.63, 3.8) is 0 Å². The van der Waals surface area contributed by atoms with E-state index in [1.807, 2.05) is 11.8 Å². The molecule has 4 N–H and O–H groups in total. The smallest absolute Gasteiger partial charge is 0.320 e. The van der Waals surface area contributed by atoms with Gasteiger partial charge in [0.1, 0.15) is 6.04 Å². The summed E-state index contributed by atoms with van der Waals surface area (Å²) < 4.78 is 0. The average molecular weight is 206 g/mol. The lowest BCUT2D eigenvalue weighted by Crippen LogP contribution is -2.34. The number of carbonyl (C=O) groups is 1. The molecular formula is C8H18N2O2S. The van der Waals surface area contributed by atoms with Crippen LogP contribution >= 0.6 is 11.8 Å². The number of hydrogen-bond acceptors (Lipinski definition) is 4. The van der Waals surface area contributed by atoms with Crippen LogP contribution in [0.2, 0.25) is 0 Å². The molecule has 0 aliphatic carbocycles. The van der Waals surface area contributed by atoms with Crippen molar-refractivity contribution in [2.45, 2.75) is 19.9 Å². The van der Waals surface area contributed by atoms with Gasteiger partial charge in [-0.3, -0.25) is 4.79 Å². The van der Waals surface area contributed by atoms with Crippen molar-refractivity contribution in [2.24, 2.45) is 11.7 Å².